The van der Waals surface area contributed by atoms with Crippen molar-refractivity contribution in [2.24, 2.45) is 0 Å². The number of carbonyl (C=O) groups is 1. The molecule has 0 amide bonds. The molecule has 0 unspecified atom stereocenters. The average molecular weight is 231 g/mol. The number of ketones is 1. The third-order valence-corrected chi connectivity index (χ3v) is 3.58. The zero-order valence-electron chi connectivity index (χ0n) is 8.40. The van der Waals surface area contributed by atoms with Crippen molar-refractivity contribution in [3.8, 4) is 5.75 Å². The van der Waals surface area contributed by atoms with E-state index in [4.69, 9.17) is 10.5 Å². The fourth-order valence-corrected chi connectivity index (χ4v) is 2.68. The van der Waals surface area contributed by atoms with Crippen LogP contribution in [0, 0.1) is 0 Å². The number of ether oxygens (including phenoxy) is 1. The van der Waals surface area contributed by atoms with Crippen molar-refractivity contribution >= 4 is 22.8 Å². The summed E-state index contributed by atoms with van der Waals surface area (Å²) in [6, 6.07) is 7.21. The lowest BCUT2D eigenvalue weighted by Crippen LogP contribution is -2.04. The van der Waals surface area contributed by atoms with E-state index in [1.165, 1.54) is 11.3 Å². The highest BCUT2D eigenvalue weighted by Gasteiger charge is 2.25. The first-order chi connectivity index (χ1) is 7.77. The van der Waals surface area contributed by atoms with Gasteiger partial charge in [-0.25, -0.2) is 0 Å². The Morgan fingerprint density at radius 1 is 1.31 bits per heavy atom. The zero-order valence-corrected chi connectivity index (χ0v) is 9.21. The number of anilines is 1. The van der Waals surface area contributed by atoms with E-state index in [1.807, 2.05) is 11.4 Å². The normalized spacial score (nSPS) is 13.6. The zero-order chi connectivity index (χ0) is 11.1. The van der Waals surface area contributed by atoms with Crippen molar-refractivity contribution in [2.75, 3.05) is 5.73 Å². The number of thiophene rings is 1. The van der Waals surface area contributed by atoms with E-state index in [1.54, 1.807) is 18.2 Å². The first-order valence-electron chi connectivity index (χ1n) is 4.90. The van der Waals surface area contributed by atoms with Crippen LogP contribution in [0.1, 0.15) is 20.8 Å². The third-order valence-electron chi connectivity index (χ3n) is 2.62. The molecule has 0 aliphatic carbocycles. The van der Waals surface area contributed by atoms with Gasteiger partial charge >= 0.3 is 0 Å². The number of nitrogens with two attached hydrogens (primary N) is 1. The van der Waals surface area contributed by atoms with Gasteiger partial charge in [-0.2, -0.15) is 0 Å². The molecule has 1 aliphatic heterocycles. The van der Waals surface area contributed by atoms with Gasteiger partial charge in [0.25, 0.3) is 0 Å². The van der Waals surface area contributed by atoms with Crippen LogP contribution in [0.25, 0.3) is 0 Å². The number of rotatable bonds is 0. The Morgan fingerprint density at radius 2 is 2.19 bits per heavy atom. The molecule has 0 bridgehead atoms. The van der Waals surface area contributed by atoms with Gasteiger partial charge in [0.15, 0.2) is 0 Å². The largest absolute Gasteiger partial charge is 0.488 e. The number of carbonyl (C=O) groups excluding carboxylic acids is 1. The highest BCUT2D eigenvalue weighted by Crippen LogP contribution is 2.34. The monoisotopic (exact) mass is 231 g/mol. The molecule has 1 aromatic heterocycles. The van der Waals surface area contributed by atoms with Crippen molar-refractivity contribution in [3.05, 3.63) is 45.6 Å². The second-order valence-electron chi connectivity index (χ2n) is 3.61. The molecule has 2 N–H and O–H groups in total. The van der Waals surface area contributed by atoms with Gasteiger partial charge < -0.3 is 10.5 Å². The van der Waals surface area contributed by atoms with Gasteiger partial charge in [0.1, 0.15) is 12.4 Å². The summed E-state index contributed by atoms with van der Waals surface area (Å²) in [6.07, 6.45) is 0. The first-order valence-corrected chi connectivity index (χ1v) is 5.77. The smallest absolute Gasteiger partial charge is 0.209 e. The van der Waals surface area contributed by atoms with E-state index in [9.17, 15) is 4.79 Å². The minimum Gasteiger partial charge on any atom is -0.488 e. The molecular weight excluding hydrogens is 222 g/mol. The summed E-state index contributed by atoms with van der Waals surface area (Å²) in [5, 5.41) is 1.90. The summed E-state index contributed by atoms with van der Waals surface area (Å²) in [6.45, 7) is 0.432. The van der Waals surface area contributed by atoms with Gasteiger partial charge in [-0.1, -0.05) is 6.07 Å². The predicted molar refractivity (Wildman–Crippen MR) is 62.9 cm³/mol. The maximum absolute atomic E-state index is 12.3. The number of nitrogen functional groups attached to an aromatic ring is 1. The quantitative estimate of drug-likeness (QED) is 0.708. The van der Waals surface area contributed by atoms with Crippen LogP contribution in [0.4, 0.5) is 5.69 Å². The number of hydrogen-bond donors (Lipinski definition) is 1. The molecule has 0 saturated heterocycles. The molecule has 2 heterocycles. The SMILES string of the molecule is Nc1cccc2c1C(=O)c1sccc1CO2. The molecule has 1 aromatic carbocycles. The Bertz CT molecular complexity index is 574. The fourth-order valence-electron chi connectivity index (χ4n) is 1.83. The lowest BCUT2D eigenvalue weighted by Gasteiger charge is -2.07. The second kappa shape index (κ2) is 3.35. The van der Waals surface area contributed by atoms with Gasteiger partial charge in [0.05, 0.1) is 10.4 Å². The van der Waals surface area contributed by atoms with Crippen molar-refractivity contribution in [1.29, 1.82) is 0 Å². The summed E-state index contributed by atoms with van der Waals surface area (Å²) in [5.41, 5.74) is 7.73. The Kier molecular flexibility index (Phi) is 1.97. The molecule has 4 heteroatoms. The summed E-state index contributed by atoms with van der Waals surface area (Å²) in [7, 11) is 0. The molecule has 0 fully saturated rings. The Morgan fingerprint density at radius 3 is 3.06 bits per heavy atom. The molecule has 3 rings (SSSR count). The number of benzene rings is 1. The van der Waals surface area contributed by atoms with E-state index in [2.05, 4.69) is 0 Å². The molecule has 0 atom stereocenters. The minimum atomic E-state index is -0.0319. The van der Waals surface area contributed by atoms with Crippen molar-refractivity contribution in [1.82, 2.24) is 0 Å². The second-order valence-corrected chi connectivity index (χ2v) is 4.53. The number of hydrogen-bond acceptors (Lipinski definition) is 4. The van der Waals surface area contributed by atoms with E-state index in [-0.39, 0.29) is 5.78 Å². The molecular formula is C12H9NO2S. The van der Waals surface area contributed by atoms with Crippen LogP contribution in [-0.4, -0.2) is 5.78 Å². The van der Waals surface area contributed by atoms with E-state index in [0.29, 0.717) is 23.6 Å². The predicted octanol–water partition coefficient (Wildman–Crippen LogP) is 2.45. The van der Waals surface area contributed by atoms with Crippen molar-refractivity contribution < 1.29 is 9.53 Å². The Balaban J connectivity index is 2.26. The van der Waals surface area contributed by atoms with Crippen molar-refractivity contribution in [3.63, 3.8) is 0 Å². The van der Waals surface area contributed by atoms with Crippen molar-refractivity contribution in [2.45, 2.75) is 6.61 Å². The van der Waals surface area contributed by atoms with Gasteiger partial charge in [-0.3, -0.25) is 4.79 Å². The topological polar surface area (TPSA) is 52.3 Å². The fraction of sp³-hybridized carbons (Fsp3) is 0.0833. The minimum absolute atomic E-state index is 0.0319. The molecule has 0 radical (unpaired) electrons. The molecule has 16 heavy (non-hydrogen) atoms. The summed E-state index contributed by atoms with van der Waals surface area (Å²) in [5.74, 6) is 0.545. The standard InChI is InChI=1S/C12H9NO2S/c13-8-2-1-3-9-10(8)11(14)12-7(6-15-9)4-5-16-12/h1-5H,6,13H2. The molecule has 0 saturated carbocycles. The van der Waals surface area contributed by atoms with Crippen LogP contribution in [0.2, 0.25) is 0 Å². The van der Waals surface area contributed by atoms with Crippen LogP contribution in [-0.2, 0) is 6.61 Å². The lowest BCUT2D eigenvalue weighted by atomic mass is 10.1. The highest BCUT2D eigenvalue weighted by atomic mass is 32.1. The van der Waals surface area contributed by atoms with Crippen LogP contribution in [0.5, 0.6) is 5.75 Å². The molecule has 80 valence electrons. The number of fused-ring (bicyclic) bond motifs is 2. The summed E-state index contributed by atoms with van der Waals surface area (Å²) >= 11 is 1.43. The molecule has 3 nitrogen and oxygen atoms in total. The highest BCUT2D eigenvalue weighted by molar-refractivity contribution is 7.12. The third kappa shape index (κ3) is 1.23. The van der Waals surface area contributed by atoms with Crippen LogP contribution in [0.15, 0.2) is 29.6 Å². The first kappa shape index (κ1) is 9.42. The van der Waals surface area contributed by atoms with Crippen LogP contribution < -0.4 is 10.5 Å². The maximum Gasteiger partial charge on any atom is 0.209 e. The summed E-state index contributed by atoms with van der Waals surface area (Å²) < 4.78 is 5.59. The molecule has 1 aliphatic rings. The van der Waals surface area contributed by atoms with Gasteiger partial charge in [-0.05, 0) is 23.6 Å². The maximum atomic E-state index is 12.3. The molecule has 0 spiro atoms. The van der Waals surface area contributed by atoms with E-state index in [0.717, 1.165) is 10.4 Å². The van der Waals surface area contributed by atoms with Gasteiger partial charge in [-0.15, -0.1) is 11.3 Å². The average Bonchev–Trinajstić information content (AvgIpc) is 2.69. The van der Waals surface area contributed by atoms with Crippen LogP contribution in [0.3, 0.4) is 0 Å². The Labute approximate surface area is 96.5 Å². The molecule has 2 aromatic rings. The van der Waals surface area contributed by atoms with Gasteiger partial charge in [0.2, 0.25) is 5.78 Å². The summed E-state index contributed by atoms with van der Waals surface area (Å²) in [4.78, 5) is 13.0. The Hall–Kier alpha value is -1.81. The van der Waals surface area contributed by atoms with E-state index < -0.39 is 0 Å². The van der Waals surface area contributed by atoms with E-state index >= 15 is 0 Å². The van der Waals surface area contributed by atoms with Crippen LogP contribution >= 0.6 is 11.3 Å². The van der Waals surface area contributed by atoms with Gasteiger partial charge in [0, 0.05) is 11.3 Å². The lowest BCUT2D eigenvalue weighted by molar-refractivity contribution is 0.104.